The number of likely N-dealkylation sites (tertiary alicyclic amines) is 1. The van der Waals surface area contributed by atoms with Gasteiger partial charge in [-0.1, -0.05) is 6.07 Å². The highest BCUT2D eigenvalue weighted by Crippen LogP contribution is 2.33. The number of fused-ring (bicyclic) bond motifs is 2. The highest BCUT2D eigenvalue weighted by atomic mass is 32.1. The molecule has 172 valence electrons. The van der Waals surface area contributed by atoms with Gasteiger partial charge in [-0.2, -0.15) is 18.4 Å². The first-order valence-electron chi connectivity index (χ1n) is 10.7. The van der Waals surface area contributed by atoms with Gasteiger partial charge < -0.3 is 16.0 Å². The highest BCUT2D eigenvalue weighted by Gasteiger charge is 2.29. The van der Waals surface area contributed by atoms with Crippen LogP contribution in [0, 0.1) is 11.3 Å². The standard InChI is InChI=1S/C22H22F3N7S/c23-22(24,25)9-15-8-16-20(27-12-28-21(16)33-15)29-14-3-5-32(6-4-14)11-13-1-2-17-18(7-13)31-19(10-26)30-17/h1-2,7-8,12,14,19,30-31H,3-6,9,11H2,(H,27,28,29). The number of rotatable bonds is 5. The Hall–Kier alpha value is -3.10. The number of alkyl halides is 3. The predicted octanol–water partition coefficient (Wildman–Crippen LogP) is 4.56. The summed E-state index contributed by atoms with van der Waals surface area (Å²) in [4.78, 5) is 11.6. The molecule has 1 atom stereocenters. The fraction of sp³-hybridized carbons (Fsp3) is 0.409. The summed E-state index contributed by atoms with van der Waals surface area (Å²) in [7, 11) is 0. The van der Waals surface area contributed by atoms with Crippen LogP contribution in [0.3, 0.4) is 0 Å². The molecule has 0 amide bonds. The lowest BCUT2D eigenvalue weighted by atomic mass is 10.0. The molecule has 7 nitrogen and oxygen atoms in total. The van der Waals surface area contributed by atoms with Crippen LogP contribution in [-0.2, 0) is 13.0 Å². The van der Waals surface area contributed by atoms with E-state index in [2.05, 4.69) is 49.0 Å². The van der Waals surface area contributed by atoms with Gasteiger partial charge in [0.1, 0.15) is 23.0 Å². The number of aromatic nitrogens is 2. The van der Waals surface area contributed by atoms with Crippen molar-refractivity contribution in [3.8, 4) is 6.07 Å². The van der Waals surface area contributed by atoms with Gasteiger partial charge in [0.2, 0.25) is 0 Å². The molecule has 5 rings (SSSR count). The van der Waals surface area contributed by atoms with Gasteiger partial charge in [-0.15, -0.1) is 11.3 Å². The van der Waals surface area contributed by atoms with Crippen molar-refractivity contribution in [1.82, 2.24) is 14.9 Å². The summed E-state index contributed by atoms with van der Waals surface area (Å²) in [5.41, 5.74) is 3.07. The Morgan fingerprint density at radius 2 is 1.94 bits per heavy atom. The number of benzene rings is 1. The van der Waals surface area contributed by atoms with Crippen molar-refractivity contribution in [2.24, 2.45) is 0 Å². The minimum atomic E-state index is -4.24. The number of nitriles is 1. The number of hydrogen-bond donors (Lipinski definition) is 3. The zero-order valence-corrected chi connectivity index (χ0v) is 18.4. The number of piperidine rings is 1. The summed E-state index contributed by atoms with van der Waals surface area (Å²) >= 11 is 1.07. The molecule has 3 aromatic rings. The molecule has 0 bridgehead atoms. The van der Waals surface area contributed by atoms with Crippen molar-refractivity contribution >= 4 is 38.7 Å². The summed E-state index contributed by atoms with van der Waals surface area (Å²) in [6.07, 6.45) is -2.35. The Balaban J connectivity index is 1.19. The minimum Gasteiger partial charge on any atom is -0.367 e. The van der Waals surface area contributed by atoms with Crippen LogP contribution in [0.2, 0.25) is 0 Å². The molecule has 2 aliphatic heterocycles. The first-order valence-corrected chi connectivity index (χ1v) is 11.5. The van der Waals surface area contributed by atoms with Crippen molar-refractivity contribution in [2.45, 2.75) is 44.2 Å². The molecule has 2 aliphatic rings. The first kappa shape index (κ1) is 21.7. The Bertz CT molecular complexity index is 1190. The molecule has 33 heavy (non-hydrogen) atoms. The van der Waals surface area contributed by atoms with Crippen molar-refractivity contribution in [1.29, 1.82) is 5.26 Å². The molecule has 0 aliphatic carbocycles. The van der Waals surface area contributed by atoms with Gasteiger partial charge in [0.15, 0.2) is 6.17 Å². The monoisotopic (exact) mass is 473 g/mol. The number of nitrogens with zero attached hydrogens (tertiary/aromatic N) is 4. The third-order valence-corrected chi connectivity index (χ3v) is 6.95. The van der Waals surface area contributed by atoms with Crippen molar-refractivity contribution in [3.63, 3.8) is 0 Å². The van der Waals surface area contributed by atoms with Gasteiger partial charge in [0.05, 0.1) is 23.2 Å². The summed E-state index contributed by atoms with van der Waals surface area (Å²) in [5.74, 6) is 0.604. The van der Waals surface area contributed by atoms with Crippen LogP contribution >= 0.6 is 11.3 Å². The predicted molar refractivity (Wildman–Crippen MR) is 122 cm³/mol. The van der Waals surface area contributed by atoms with Gasteiger partial charge in [-0.3, -0.25) is 4.90 Å². The molecule has 1 aromatic carbocycles. The molecule has 1 fully saturated rings. The molecule has 0 spiro atoms. The fourth-order valence-corrected chi connectivity index (χ4v) is 5.37. The van der Waals surface area contributed by atoms with Gasteiger partial charge in [-0.05, 0) is 36.6 Å². The SMILES string of the molecule is N#CC1Nc2ccc(CN3CCC(Nc4ncnc5sc(CC(F)(F)F)cc45)CC3)cc2N1. The second kappa shape index (κ2) is 8.68. The van der Waals surface area contributed by atoms with E-state index in [9.17, 15) is 13.2 Å². The first-order chi connectivity index (χ1) is 15.9. The highest BCUT2D eigenvalue weighted by molar-refractivity contribution is 7.18. The number of hydrogen-bond acceptors (Lipinski definition) is 8. The molecule has 2 aromatic heterocycles. The summed E-state index contributed by atoms with van der Waals surface area (Å²) in [6.45, 7) is 2.62. The lowest BCUT2D eigenvalue weighted by Crippen LogP contribution is -2.38. The fourth-order valence-electron chi connectivity index (χ4n) is 4.34. The van der Waals surface area contributed by atoms with E-state index >= 15 is 0 Å². The van der Waals surface area contributed by atoms with Crippen molar-refractivity contribution in [3.05, 3.63) is 41.0 Å². The Labute approximate surface area is 192 Å². The third-order valence-electron chi connectivity index (χ3n) is 5.90. The van der Waals surface area contributed by atoms with Crippen molar-refractivity contribution in [2.75, 3.05) is 29.0 Å². The van der Waals surface area contributed by atoms with Gasteiger partial charge in [0.25, 0.3) is 0 Å². The Kier molecular flexibility index (Phi) is 5.72. The third kappa shape index (κ3) is 4.96. The average molecular weight is 474 g/mol. The quantitative estimate of drug-likeness (QED) is 0.501. The number of halogens is 3. The number of anilines is 3. The lowest BCUT2D eigenvalue weighted by Gasteiger charge is -2.32. The molecular formula is C22H22F3N7S. The van der Waals surface area contributed by atoms with E-state index in [0.29, 0.717) is 16.0 Å². The van der Waals surface area contributed by atoms with E-state index in [1.165, 1.54) is 11.9 Å². The average Bonchev–Trinajstić information content (AvgIpc) is 3.37. The van der Waals surface area contributed by atoms with Crippen LogP contribution in [0.1, 0.15) is 23.3 Å². The van der Waals surface area contributed by atoms with Crippen molar-refractivity contribution < 1.29 is 13.2 Å². The van der Waals surface area contributed by atoms with E-state index in [4.69, 9.17) is 5.26 Å². The zero-order chi connectivity index (χ0) is 23.0. The van der Waals surface area contributed by atoms with E-state index in [0.717, 1.165) is 55.2 Å². The van der Waals surface area contributed by atoms with Crippen LogP contribution in [0.25, 0.3) is 10.2 Å². The smallest absolute Gasteiger partial charge is 0.367 e. The second-order valence-electron chi connectivity index (χ2n) is 8.37. The Morgan fingerprint density at radius 3 is 2.70 bits per heavy atom. The van der Waals surface area contributed by atoms with Crippen LogP contribution in [0.4, 0.5) is 30.4 Å². The van der Waals surface area contributed by atoms with Gasteiger partial charge >= 0.3 is 6.18 Å². The number of thiophene rings is 1. The maximum Gasteiger partial charge on any atom is 0.393 e. The normalized spacial score (nSPS) is 19.0. The topological polar surface area (TPSA) is 88.9 Å². The molecule has 4 heterocycles. The van der Waals surface area contributed by atoms with E-state index in [-0.39, 0.29) is 10.9 Å². The molecule has 0 saturated carbocycles. The van der Waals surface area contributed by atoms with Gasteiger partial charge in [0, 0.05) is 30.6 Å². The summed E-state index contributed by atoms with van der Waals surface area (Å²) in [5, 5.41) is 19.4. The van der Waals surface area contributed by atoms with E-state index in [1.807, 2.05) is 6.07 Å². The minimum absolute atomic E-state index is 0.201. The zero-order valence-electron chi connectivity index (χ0n) is 17.6. The molecule has 0 radical (unpaired) electrons. The van der Waals surface area contributed by atoms with Crippen LogP contribution in [0.15, 0.2) is 30.6 Å². The van der Waals surface area contributed by atoms with Crippen LogP contribution in [-0.4, -0.2) is 46.3 Å². The van der Waals surface area contributed by atoms with E-state index < -0.39 is 18.8 Å². The lowest BCUT2D eigenvalue weighted by molar-refractivity contribution is -0.126. The summed E-state index contributed by atoms with van der Waals surface area (Å²) in [6, 6.07) is 10.1. The largest absolute Gasteiger partial charge is 0.393 e. The Morgan fingerprint density at radius 1 is 1.15 bits per heavy atom. The molecular weight excluding hydrogens is 451 g/mol. The molecule has 1 unspecified atom stereocenters. The second-order valence-corrected chi connectivity index (χ2v) is 9.49. The maximum absolute atomic E-state index is 12.8. The molecule has 1 saturated heterocycles. The number of nitrogens with one attached hydrogen (secondary N) is 3. The molecule has 11 heteroatoms. The van der Waals surface area contributed by atoms with Crippen LogP contribution in [0.5, 0.6) is 0 Å². The van der Waals surface area contributed by atoms with Gasteiger partial charge in [-0.25, -0.2) is 9.97 Å². The van der Waals surface area contributed by atoms with E-state index in [1.54, 1.807) is 6.07 Å². The van der Waals surface area contributed by atoms with Crippen LogP contribution < -0.4 is 16.0 Å². The molecule has 3 N–H and O–H groups in total. The maximum atomic E-state index is 12.8. The summed E-state index contributed by atoms with van der Waals surface area (Å²) < 4.78 is 38.3.